The van der Waals surface area contributed by atoms with Crippen molar-refractivity contribution in [2.75, 3.05) is 0 Å². The van der Waals surface area contributed by atoms with Gasteiger partial charge in [-0.3, -0.25) is 4.57 Å². The number of hydrogen-bond donors (Lipinski definition) is 6. The molecular weight excluding hydrogens is 762 g/mol. The molecule has 0 spiro atoms. The van der Waals surface area contributed by atoms with E-state index in [-0.39, 0.29) is 60.3 Å². The normalized spacial score (nSPS) is 11.8. The Labute approximate surface area is 305 Å². The minimum absolute atomic E-state index is 0. The summed E-state index contributed by atoms with van der Waals surface area (Å²) in [6, 6.07) is 9.61. The number of alkyl halides is 6. The second-order valence-corrected chi connectivity index (χ2v) is 12.1. The number of hydrogen-bond acceptors (Lipinski definition) is 12. The molecule has 0 saturated heterocycles. The number of aromatic nitrogens is 2. The molecule has 5 rings (SSSR count). The van der Waals surface area contributed by atoms with Crippen LogP contribution >= 0.6 is 0 Å². The molecule has 0 unspecified atom stereocenters. The number of nitrogens with one attached hydrogen (secondary N) is 1. The molecule has 264 valence electrons. The van der Waals surface area contributed by atoms with Crippen molar-refractivity contribution >= 4 is 69.0 Å². The third-order valence-corrected chi connectivity index (χ3v) is 7.71. The minimum Gasteiger partial charge on any atom is -0.744 e. The molecule has 1 heterocycles. The number of nitrogens with zero attached hydrogens (tertiary/aromatic N) is 1. The van der Waals surface area contributed by atoms with Gasteiger partial charge in [-0.25, -0.2) is 21.6 Å². The van der Waals surface area contributed by atoms with E-state index in [1.807, 2.05) is 0 Å². The van der Waals surface area contributed by atoms with Crippen LogP contribution in [0.3, 0.4) is 0 Å². The van der Waals surface area contributed by atoms with Crippen molar-refractivity contribution < 1.29 is 77.8 Å². The fourth-order valence-electron chi connectivity index (χ4n) is 3.81. The van der Waals surface area contributed by atoms with Crippen LogP contribution in [0.1, 0.15) is 11.1 Å². The van der Waals surface area contributed by atoms with Crippen LogP contribution in [0.25, 0.3) is 16.7 Å². The van der Waals surface area contributed by atoms with Crippen LogP contribution < -0.4 is 5.69 Å². The fraction of sp³-hybridized carbons (Fsp3) is 0.0741. The van der Waals surface area contributed by atoms with Gasteiger partial charge in [0.1, 0.15) is 49.0 Å². The predicted molar refractivity (Wildman–Crippen MR) is 157 cm³/mol. The van der Waals surface area contributed by atoms with Gasteiger partial charge in [0.15, 0.2) is 0 Å². The molecule has 0 fully saturated rings. The average Bonchev–Trinajstić information content (AvgIpc) is 3.29. The zero-order valence-corrected chi connectivity index (χ0v) is 28.1. The Balaban J connectivity index is 0.000000291. The Bertz CT molecular complexity index is 2230. The van der Waals surface area contributed by atoms with Gasteiger partial charge < -0.3 is 39.6 Å². The maximum atomic E-state index is 12.8. The Morgan fingerprint density at radius 2 is 1.00 bits per heavy atom. The van der Waals surface area contributed by atoms with Crippen molar-refractivity contribution in [3.8, 4) is 34.4 Å². The topological polar surface area (TPSA) is 253 Å². The third-order valence-electron chi connectivity index (χ3n) is 5.98. The van der Waals surface area contributed by atoms with Crippen LogP contribution in [-0.2, 0) is 32.6 Å². The van der Waals surface area contributed by atoms with Gasteiger partial charge in [-0.2, -0.15) is 26.3 Å². The van der Waals surface area contributed by atoms with Gasteiger partial charge in [0, 0.05) is 12.1 Å². The van der Waals surface area contributed by atoms with Crippen molar-refractivity contribution in [1.29, 1.82) is 0 Å². The second kappa shape index (κ2) is 15.4. The van der Waals surface area contributed by atoms with E-state index in [0.29, 0.717) is 41.0 Å². The van der Waals surface area contributed by atoms with E-state index >= 15 is 0 Å². The number of phenolic OH excluding ortho intramolecular Hbond substituents is 5. The molecule has 0 atom stereocenters. The third kappa shape index (κ3) is 10.4. The van der Waals surface area contributed by atoms with E-state index in [2.05, 4.69) is 4.98 Å². The Morgan fingerprint density at radius 1 is 0.600 bits per heavy atom. The molecule has 0 aliphatic heterocycles. The van der Waals surface area contributed by atoms with Crippen molar-refractivity contribution in [3.05, 3.63) is 94.4 Å². The summed E-state index contributed by atoms with van der Waals surface area (Å²) in [6.45, 7) is 0. The number of aromatic hydroxyl groups is 5. The molecule has 0 bridgehead atoms. The van der Waals surface area contributed by atoms with Gasteiger partial charge in [-0.1, -0.05) is 0 Å². The minimum atomic E-state index is -4.72. The molecule has 4 aromatic carbocycles. The number of imidazole rings is 1. The van der Waals surface area contributed by atoms with E-state index in [4.69, 9.17) is 20.4 Å². The van der Waals surface area contributed by atoms with E-state index in [1.54, 1.807) is 0 Å². The molecule has 50 heavy (non-hydrogen) atoms. The first-order chi connectivity index (χ1) is 22.3. The van der Waals surface area contributed by atoms with Crippen LogP contribution in [0, 0.1) is 0 Å². The Hall–Kier alpha value is -4.19. The quantitative estimate of drug-likeness (QED) is 0.0664. The van der Waals surface area contributed by atoms with Crippen LogP contribution in [0.15, 0.2) is 87.4 Å². The van der Waals surface area contributed by atoms with Crippen LogP contribution in [-0.4, -0.2) is 98.8 Å². The number of aromatic amines is 1. The molecule has 0 amide bonds. The number of fused-ring (bicyclic) bond motifs is 1. The zero-order chi connectivity index (χ0) is 37.3. The number of benzene rings is 4. The summed E-state index contributed by atoms with van der Waals surface area (Å²) in [6.07, 6.45) is -9.37. The first kappa shape index (κ1) is 42.0. The summed E-state index contributed by atoms with van der Waals surface area (Å²) in [5.41, 5.74) is -3.95. The molecule has 5 aromatic rings. The molecule has 0 aliphatic carbocycles. The van der Waals surface area contributed by atoms with Gasteiger partial charge in [-0.05, 0) is 60.7 Å². The van der Waals surface area contributed by atoms with E-state index < -0.39 is 82.1 Å². The van der Waals surface area contributed by atoms with Gasteiger partial charge in [0.05, 0.1) is 37.6 Å². The first-order valence-corrected chi connectivity index (χ1v) is 15.3. The zero-order valence-electron chi connectivity index (χ0n) is 24.3. The van der Waals surface area contributed by atoms with E-state index in [1.165, 1.54) is 0 Å². The number of phenols is 5. The Morgan fingerprint density at radius 3 is 1.40 bits per heavy atom. The molecule has 6 N–H and O–H groups in total. The summed E-state index contributed by atoms with van der Waals surface area (Å²) in [4.78, 5) is 12.6. The largest absolute Gasteiger partial charge is 2.00 e. The predicted octanol–water partition coefficient (Wildman–Crippen LogP) is 3.69. The SMILES string of the molecule is O=S(=O)([O-])c1cc(O)ccc1O.O=S(=O)([O-])c1cc(O)ccc1O.O=c1[nH]c2cc(C(F)(F)F)ccc2n1-c1cc(C(F)(F)F)ccc1O.[Ca+2]. The van der Waals surface area contributed by atoms with Crippen molar-refractivity contribution in [2.45, 2.75) is 22.1 Å². The monoisotopic (exact) mass is 780 g/mol. The summed E-state index contributed by atoms with van der Waals surface area (Å²) in [5.74, 6) is -2.73. The number of halogens is 6. The van der Waals surface area contributed by atoms with Crippen molar-refractivity contribution in [3.63, 3.8) is 0 Å². The number of rotatable bonds is 3. The van der Waals surface area contributed by atoms with E-state index in [0.717, 1.165) is 36.4 Å². The smallest absolute Gasteiger partial charge is 0.744 e. The molecular formula is C27H18CaF6N2O12S2. The summed E-state index contributed by atoms with van der Waals surface area (Å²) < 4.78 is 140. The van der Waals surface area contributed by atoms with Gasteiger partial charge in [-0.15, -0.1) is 0 Å². The fourth-order valence-corrected chi connectivity index (χ4v) is 4.99. The summed E-state index contributed by atoms with van der Waals surface area (Å²) >= 11 is 0. The van der Waals surface area contributed by atoms with E-state index in [9.17, 15) is 62.2 Å². The maximum absolute atomic E-state index is 12.8. The first-order valence-electron chi connectivity index (χ1n) is 12.5. The Kier molecular flexibility index (Phi) is 12.9. The van der Waals surface area contributed by atoms with Gasteiger partial charge >= 0.3 is 55.8 Å². The molecule has 14 nitrogen and oxygen atoms in total. The van der Waals surface area contributed by atoms with Crippen molar-refractivity contribution in [1.82, 2.24) is 9.55 Å². The molecule has 1 aromatic heterocycles. The maximum Gasteiger partial charge on any atom is 2.00 e. The number of H-pyrrole nitrogens is 1. The molecule has 0 aliphatic rings. The molecule has 0 saturated carbocycles. The van der Waals surface area contributed by atoms with Gasteiger partial charge in [0.25, 0.3) is 0 Å². The standard InChI is InChI=1S/C15H8F6N2O2.2C6H6O5S.Ca/c16-14(17,18)7-1-3-10-9(5-7)22-13(25)23(10)11-6-8(15(19,20)21)2-4-12(11)24;2*7-4-1-2-5(8)6(3-4)12(9,10)11;/h1-6,24H,(H,22,25);2*1-3,7-8H,(H,9,10,11);/q;;;+2/p-2. The van der Waals surface area contributed by atoms with Crippen LogP contribution in [0.5, 0.6) is 28.7 Å². The molecule has 23 heteroatoms. The summed E-state index contributed by atoms with van der Waals surface area (Å²) in [5, 5.41) is 45.2. The molecule has 0 radical (unpaired) electrons. The van der Waals surface area contributed by atoms with Crippen LogP contribution in [0.4, 0.5) is 26.3 Å². The van der Waals surface area contributed by atoms with Gasteiger partial charge in [0.2, 0.25) is 0 Å². The van der Waals surface area contributed by atoms with Crippen LogP contribution in [0.2, 0.25) is 0 Å². The average molecular weight is 781 g/mol. The second-order valence-electron chi connectivity index (χ2n) is 9.41. The summed E-state index contributed by atoms with van der Waals surface area (Å²) in [7, 11) is -9.43. The van der Waals surface area contributed by atoms with Crippen molar-refractivity contribution in [2.24, 2.45) is 0 Å².